The van der Waals surface area contributed by atoms with E-state index in [1.807, 2.05) is 0 Å². The summed E-state index contributed by atoms with van der Waals surface area (Å²) in [7, 11) is 0. The molecule has 0 aliphatic carbocycles. The van der Waals surface area contributed by atoms with E-state index in [-0.39, 0.29) is 11.4 Å². The van der Waals surface area contributed by atoms with Gasteiger partial charge in [0.05, 0.1) is 24.0 Å². The first-order valence-electron chi connectivity index (χ1n) is 6.89. The minimum Gasteiger partial charge on any atom is -0.378 e. The maximum Gasteiger partial charge on any atom is 0.126 e. The Morgan fingerprint density at radius 2 is 2.30 bits per heavy atom. The van der Waals surface area contributed by atoms with Crippen molar-refractivity contribution in [1.29, 1.82) is 5.26 Å². The van der Waals surface area contributed by atoms with Gasteiger partial charge in [0.25, 0.3) is 0 Å². The smallest absolute Gasteiger partial charge is 0.126 e. The van der Waals surface area contributed by atoms with E-state index in [0.29, 0.717) is 44.8 Å². The van der Waals surface area contributed by atoms with Gasteiger partial charge < -0.3 is 9.47 Å². The highest BCUT2D eigenvalue weighted by Crippen LogP contribution is 2.46. The number of ether oxygens (including phenoxy) is 2. The molecule has 1 aromatic heterocycles. The van der Waals surface area contributed by atoms with Crippen LogP contribution in [0, 0.1) is 17.1 Å². The zero-order valence-corrected chi connectivity index (χ0v) is 11.3. The van der Waals surface area contributed by atoms with Crippen LogP contribution in [-0.2, 0) is 14.9 Å². The third-order valence-electron chi connectivity index (χ3n) is 4.40. The fourth-order valence-corrected chi connectivity index (χ4v) is 3.37. The van der Waals surface area contributed by atoms with E-state index in [4.69, 9.17) is 9.47 Å². The van der Waals surface area contributed by atoms with Gasteiger partial charge in [-0.05, 0) is 25.0 Å². The van der Waals surface area contributed by atoms with Crippen molar-refractivity contribution in [1.82, 2.24) is 4.98 Å². The average molecular weight is 276 g/mol. The molecule has 3 rings (SSSR count). The third kappa shape index (κ3) is 2.30. The van der Waals surface area contributed by atoms with E-state index in [9.17, 15) is 9.65 Å². The lowest BCUT2D eigenvalue weighted by Gasteiger charge is -2.44. The molecule has 4 nitrogen and oxygen atoms in total. The van der Waals surface area contributed by atoms with Crippen molar-refractivity contribution in [2.75, 3.05) is 19.8 Å². The molecule has 1 spiro atoms. The monoisotopic (exact) mass is 276 g/mol. The Morgan fingerprint density at radius 1 is 1.40 bits per heavy atom. The van der Waals surface area contributed by atoms with E-state index in [1.54, 1.807) is 0 Å². The molecule has 3 heterocycles. The zero-order valence-electron chi connectivity index (χ0n) is 11.3. The van der Waals surface area contributed by atoms with Crippen LogP contribution in [0.3, 0.4) is 0 Å². The zero-order chi connectivity index (χ0) is 14.1. The Kier molecular flexibility index (Phi) is 3.45. The fraction of sp³-hybridized carbons (Fsp3) is 0.600. The minimum atomic E-state index is -0.428. The lowest BCUT2D eigenvalue weighted by atomic mass is 9.68. The first-order chi connectivity index (χ1) is 9.68. The van der Waals surface area contributed by atoms with Crippen molar-refractivity contribution >= 4 is 0 Å². The summed E-state index contributed by atoms with van der Waals surface area (Å²) in [4.78, 5) is 4.32. The molecule has 0 aromatic carbocycles. The molecule has 106 valence electrons. The third-order valence-corrected chi connectivity index (χ3v) is 4.40. The number of pyridine rings is 1. The number of rotatable bonds is 2. The van der Waals surface area contributed by atoms with Crippen LogP contribution in [0.1, 0.15) is 31.4 Å². The largest absolute Gasteiger partial charge is 0.378 e. The molecule has 0 radical (unpaired) electrons. The summed E-state index contributed by atoms with van der Waals surface area (Å²) in [5.74, 6) is -0.310. The Bertz CT molecular complexity index is 537. The molecule has 2 fully saturated rings. The first kappa shape index (κ1) is 13.5. The fourth-order valence-electron chi connectivity index (χ4n) is 3.37. The predicted octanol–water partition coefficient (Wildman–Crippen LogP) is 2.34. The Labute approximate surface area is 117 Å². The molecule has 2 saturated heterocycles. The van der Waals surface area contributed by atoms with Gasteiger partial charge in [0.2, 0.25) is 0 Å². The first-order valence-corrected chi connectivity index (χ1v) is 6.89. The molecule has 2 aliphatic rings. The van der Waals surface area contributed by atoms with E-state index < -0.39 is 5.41 Å². The van der Waals surface area contributed by atoms with Crippen molar-refractivity contribution in [2.45, 2.75) is 36.7 Å². The SMILES string of the molecule is N#CC[C@]1(c2cc(F)ccn2)CCO[C@@]2(CCOC2)C1. The van der Waals surface area contributed by atoms with Crippen LogP contribution >= 0.6 is 0 Å². The van der Waals surface area contributed by atoms with Gasteiger partial charge >= 0.3 is 0 Å². The molecule has 0 unspecified atom stereocenters. The van der Waals surface area contributed by atoms with Crippen LogP contribution in [0.4, 0.5) is 4.39 Å². The Hall–Kier alpha value is -1.51. The van der Waals surface area contributed by atoms with E-state index in [0.717, 1.165) is 6.42 Å². The van der Waals surface area contributed by atoms with E-state index in [1.165, 1.54) is 18.3 Å². The highest BCUT2D eigenvalue weighted by molar-refractivity contribution is 5.23. The lowest BCUT2D eigenvalue weighted by molar-refractivity contribution is -0.107. The van der Waals surface area contributed by atoms with Gasteiger partial charge in [0.1, 0.15) is 5.82 Å². The van der Waals surface area contributed by atoms with Gasteiger partial charge in [0.15, 0.2) is 0 Å². The second kappa shape index (κ2) is 5.12. The predicted molar refractivity (Wildman–Crippen MR) is 69.5 cm³/mol. The van der Waals surface area contributed by atoms with Crippen molar-refractivity contribution in [3.8, 4) is 6.07 Å². The van der Waals surface area contributed by atoms with Crippen LogP contribution in [-0.4, -0.2) is 30.4 Å². The van der Waals surface area contributed by atoms with Crippen LogP contribution in [0.5, 0.6) is 0 Å². The van der Waals surface area contributed by atoms with Crippen LogP contribution in [0.2, 0.25) is 0 Å². The summed E-state index contributed by atoms with van der Waals surface area (Å²) >= 11 is 0. The molecule has 2 aliphatic heterocycles. The summed E-state index contributed by atoms with van der Waals surface area (Å²) in [6.07, 6.45) is 3.99. The van der Waals surface area contributed by atoms with Gasteiger partial charge in [-0.2, -0.15) is 5.26 Å². The van der Waals surface area contributed by atoms with Crippen LogP contribution in [0.25, 0.3) is 0 Å². The molecule has 2 atom stereocenters. The van der Waals surface area contributed by atoms with Gasteiger partial charge in [0, 0.05) is 37.7 Å². The molecule has 20 heavy (non-hydrogen) atoms. The normalized spacial score (nSPS) is 33.2. The number of nitrogens with zero attached hydrogens (tertiary/aromatic N) is 2. The maximum atomic E-state index is 13.5. The second-order valence-electron chi connectivity index (χ2n) is 5.74. The van der Waals surface area contributed by atoms with Crippen molar-refractivity contribution in [3.63, 3.8) is 0 Å². The van der Waals surface area contributed by atoms with E-state index in [2.05, 4.69) is 11.1 Å². The number of halogens is 1. The minimum absolute atomic E-state index is 0.310. The summed E-state index contributed by atoms with van der Waals surface area (Å²) < 4.78 is 24.9. The van der Waals surface area contributed by atoms with Crippen LogP contribution in [0.15, 0.2) is 18.3 Å². The Morgan fingerprint density at radius 3 is 3.00 bits per heavy atom. The molecule has 5 heteroatoms. The summed E-state index contributed by atoms with van der Waals surface area (Å²) in [5.41, 5.74) is -0.0973. The average Bonchev–Trinajstić information content (AvgIpc) is 2.87. The Balaban J connectivity index is 1.97. The molecule has 0 saturated carbocycles. The van der Waals surface area contributed by atoms with Gasteiger partial charge in [-0.1, -0.05) is 0 Å². The quantitative estimate of drug-likeness (QED) is 0.832. The number of hydrogen-bond acceptors (Lipinski definition) is 4. The van der Waals surface area contributed by atoms with Crippen LogP contribution < -0.4 is 0 Å². The summed E-state index contributed by atoms with van der Waals surface area (Å²) in [5, 5.41) is 9.20. The second-order valence-corrected chi connectivity index (χ2v) is 5.74. The van der Waals surface area contributed by atoms with Crippen molar-refractivity contribution < 1.29 is 13.9 Å². The van der Waals surface area contributed by atoms with Crippen molar-refractivity contribution in [3.05, 3.63) is 29.8 Å². The number of hydrogen-bond donors (Lipinski definition) is 0. The highest BCUT2D eigenvalue weighted by atomic mass is 19.1. The lowest BCUT2D eigenvalue weighted by Crippen LogP contribution is -2.48. The number of aromatic nitrogens is 1. The van der Waals surface area contributed by atoms with Crippen molar-refractivity contribution in [2.24, 2.45) is 0 Å². The standard InChI is InChI=1S/C15H17FN2O2/c16-12-1-6-18-13(9-12)14(2-5-17)3-8-20-15(10-14)4-7-19-11-15/h1,6,9H,2-4,7-8,10-11H2/t14-,15-/m0/s1. The highest BCUT2D eigenvalue weighted by Gasteiger charge is 2.49. The topological polar surface area (TPSA) is 55.1 Å². The number of nitriles is 1. The maximum absolute atomic E-state index is 13.5. The molecule has 1 aromatic rings. The summed E-state index contributed by atoms with van der Waals surface area (Å²) in [6, 6.07) is 5.03. The molecular formula is C15H17FN2O2. The molecule has 0 bridgehead atoms. The summed E-state index contributed by atoms with van der Waals surface area (Å²) in [6.45, 7) is 1.79. The molecule has 0 N–H and O–H groups in total. The van der Waals surface area contributed by atoms with Gasteiger partial charge in [-0.3, -0.25) is 4.98 Å². The van der Waals surface area contributed by atoms with Gasteiger partial charge in [-0.25, -0.2) is 4.39 Å². The van der Waals surface area contributed by atoms with Gasteiger partial charge in [-0.15, -0.1) is 0 Å². The molecule has 0 amide bonds. The van der Waals surface area contributed by atoms with E-state index >= 15 is 0 Å². The molecular weight excluding hydrogens is 259 g/mol.